The zero-order valence-corrected chi connectivity index (χ0v) is 12.4. The van der Waals surface area contributed by atoms with E-state index in [9.17, 15) is 0 Å². The molecule has 1 aromatic carbocycles. The van der Waals surface area contributed by atoms with Gasteiger partial charge in [-0.2, -0.15) is 5.26 Å². The predicted molar refractivity (Wildman–Crippen MR) is 77.6 cm³/mol. The second-order valence-electron chi connectivity index (χ2n) is 5.82. The van der Waals surface area contributed by atoms with Gasteiger partial charge in [0.25, 0.3) is 0 Å². The molecule has 2 rings (SSSR count). The molecule has 0 saturated carbocycles. The molecule has 0 spiro atoms. The van der Waals surface area contributed by atoms with Crippen molar-refractivity contribution in [3.63, 3.8) is 0 Å². The van der Waals surface area contributed by atoms with Crippen LogP contribution in [0.25, 0.3) is 0 Å². The minimum absolute atomic E-state index is 0.0610. The van der Waals surface area contributed by atoms with Gasteiger partial charge in [0.15, 0.2) is 0 Å². The minimum Gasteiger partial charge on any atom is -0.496 e. The number of nitrogens with one attached hydrogen (secondary N) is 1. The second-order valence-corrected chi connectivity index (χ2v) is 5.82. The first-order valence-corrected chi connectivity index (χ1v) is 6.98. The summed E-state index contributed by atoms with van der Waals surface area (Å²) in [7, 11) is 1.66. The van der Waals surface area contributed by atoms with Crippen LogP contribution in [0.5, 0.6) is 5.75 Å². The zero-order chi connectivity index (χ0) is 14.6. The van der Waals surface area contributed by atoms with Crippen molar-refractivity contribution in [2.24, 2.45) is 0 Å². The SMILES string of the molecule is COc1ccc(C#N)cc1CNC1CCOC(C)(C)C1. The van der Waals surface area contributed by atoms with E-state index in [4.69, 9.17) is 14.7 Å². The number of methoxy groups -OCH3 is 1. The first-order chi connectivity index (χ1) is 9.54. The Balaban J connectivity index is 2.01. The van der Waals surface area contributed by atoms with Gasteiger partial charge >= 0.3 is 0 Å². The molecule has 108 valence electrons. The van der Waals surface area contributed by atoms with E-state index in [1.807, 2.05) is 12.1 Å². The van der Waals surface area contributed by atoms with Crippen LogP contribution in [0.2, 0.25) is 0 Å². The van der Waals surface area contributed by atoms with Gasteiger partial charge in [-0.3, -0.25) is 0 Å². The fraction of sp³-hybridized carbons (Fsp3) is 0.562. The molecule has 0 amide bonds. The third-order valence-electron chi connectivity index (χ3n) is 3.69. The fourth-order valence-electron chi connectivity index (χ4n) is 2.65. The summed E-state index contributed by atoms with van der Waals surface area (Å²) in [5.41, 5.74) is 1.62. The average molecular weight is 274 g/mol. The normalized spacial score (nSPS) is 21.2. The Morgan fingerprint density at radius 1 is 1.50 bits per heavy atom. The summed E-state index contributed by atoms with van der Waals surface area (Å²) in [5, 5.41) is 12.5. The summed E-state index contributed by atoms with van der Waals surface area (Å²) < 4.78 is 11.1. The van der Waals surface area contributed by atoms with E-state index in [2.05, 4.69) is 25.2 Å². The van der Waals surface area contributed by atoms with Gasteiger partial charge in [-0.25, -0.2) is 0 Å². The van der Waals surface area contributed by atoms with Crippen molar-refractivity contribution in [1.82, 2.24) is 5.32 Å². The van der Waals surface area contributed by atoms with Crippen molar-refractivity contribution in [1.29, 1.82) is 5.26 Å². The molecule has 0 radical (unpaired) electrons. The highest BCUT2D eigenvalue weighted by molar-refractivity contribution is 5.42. The monoisotopic (exact) mass is 274 g/mol. The van der Waals surface area contributed by atoms with Gasteiger partial charge < -0.3 is 14.8 Å². The van der Waals surface area contributed by atoms with Gasteiger partial charge in [0.2, 0.25) is 0 Å². The van der Waals surface area contributed by atoms with Crippen molar-refractivity contribution in [2.75, 3.05) is 13.7 Å². The topological polar surface area (TPSA) is 54.3 Å². The van der Waals surface area contributed by atoms with Crippen LogP contribution < -0.4 is 10.1 Å². The van der Waals surface area contributed by atoms with E-state index in [0.717, 1.165) is 30.8 Å². The summed E-state index contributed by atoms with van der Waals surface area (Å²) in [6.45, 7) is 5.74. The molecule has 0 bridgehead atoms. The van der Waals surface area contributed by atoms with E-state index < -0.39 is 0 Å². The number of nitriles is 1. The molecule has 4 nitrogen and oxygen atoms in total. The molecule has 1 saturated heterocycles. The van der Waals surface area contributed by atoms with Gasteiger partial charge in [0.1, 0.15) is 5.75 Å². The van der Waals surface area contributed by atoms with E-state index in [1.54, 1.807) is 13.2 Å². The molecule has 0 aliphatic carbocycles. The van der Waals surface area contributed by atoms with Gasteiger partial charge in [0, 0.05) is 24.8 Å². The standard InChI is InChI=1S/C16H22N2O2/c1-16(2)9-14(6-7-20-16)18-11-13-8-12(10-17)4-5-15(13)19-3/h4-5,8,14,18H,6-7,9,11H2,1-3H3. The van der Waals surface area contributed by atoms with E-state index in [0.29, 0.717) is 18.2 Å². The molecule has 1 aliphatic rings. The number of benzene rings is 1. The maximum atomic E-state index is 8.98. The predicted octanol–water partition coefficient (Wildman–Crippen LogP) is 2.61. The molecule has 1 fully saturated rings. The van der Waals surface area contributed by atoms with Crippen LogP contribution in [0.15, 0.2) is 18.2 Å². The lowest BCUT2D eigenvalue weighted by atomic mass is 9.94. The molecule has 1 aromatic rings. The van der Waals surface area contributed by atoms with Crippen molar-refractivity contribution in [3.8, 4) is 11.8 Å². The lowest BCUT2D eigenvalue weighted by molar-refractivity contribution is -0.0630. The highest BCUT2D eigenvalue weighted by Crippen LogP contribution is 2.25. The number of nitrogens with zero attached hydrogens (tertiary/aromatic N) is 1. The molecule has 20 heavy (non-hydrogen) atoms. The second kappa shape index (κ2) is 6.25. The van der Waals surface area contributed by atoms with Crippen LogP contribution >= 0.6 is 0 Å². The molecule has 4 heteroatoms. The van der Waals surface area contributed by atoms with Crippen LogP contribution in [0.4, 0.5) is 0 Å². The van der Waals surface area contributed by atoms with Crippen molar-refractivity contribution in [3.05, 3.63) is 29.3 Å². The Bertz CT molecular complexity index is 506. The van der Waals surface area contributed by atoms with Crippen LogP contribution in [0, 0.1) is 11.3 Å². The van der Waals surface area contributed by atoms with Crippen LogP contribution in [0.3, 0.4) is 0 Å². The van der Waals surface area contributed by atoms with Crippen molar-refractivity contribution < 1.29 is 9.47 Å². The molecule has 1 heterocycles. The number of hydrogen-bond donors (Lipinski definition) is 1. The summed E-state index contributed by atoms with van der Waals surface area (Å²) in [6, 6.07) is 8.12. The average Bonchev–Trinajstić information content (AvgIpc) is 2.43. The summed E-state index contributed by atoms with van der Waals surface area (Å²) in [4.78, 5) is 0. The summed E-state index contributed by atoms with van der Waals surface area (Å²) >= 11 is 0. The third kappa shape index (κ3) is 3.72. The number of hydrogen-bond acceptors (Lipinski definition) is 4. The van der Waals surface area contributed by atoms with Gasteiger partial charge in [-0.1, -0.05) is 0 Å². The smallest absolute Gasteiger partial charge is 0.123 e. The molecule has 1 unspecified atom stereocenters. The van der Waals surface area contributed by atoms with Crippen molar-refractivity contribution in [2.45, 2.75) is 44.9 Å². The summed E-state index contributed by atoms with van der Waals surface area (Å²) in [5.74, 6) is 0.822. The van der Waals surface area contributed by atoms with Gasteiger partial charge in [-0.05, 0) is 44.9 Å². The highest BCUT2D eigenvalue weighted by Gasteiger charge is 2.28. The Kier molecular flexibility index (Phi) is 4.64. The van der Waals surface area contributed by atoms with Crippen molar-refractivity contribution >= 4 is 0 Å². The highest BCUT2D eigenvalue weighted by atomic mass is 16.5. The Morgan fingerprint density at radius 3 is 2.95 bits per heavy atom. The molecule has 1 atom stereocenters. The van der Waals surface area contributed by atoms with Gasteiger partial charge in [0.05, 0.1) is 24.3 Å². The number of rotatable bonds is 4. The largest absolute Gasteiger partial charge is 0.496 e. The lowest BCUT2D eigenvalue weighted by Crippen LogP contribution is -2.43. The maximum Gasteiger partial charge on any atom is 0.123 e. The fourth-order valence-corrected chi connectivity index (χ4v) is 2.65. The van der Waals surface area contributed by atoms with E-state index in [1.165, 1.54) is 0 Å². The maximum absolute atomic E-state index is 8.98. The summed E-state index contributed by atoms with van der Waals surface area (Å²) in [6.07, 6.45) is 2.01. The van der Waals surface area contributed by atoms with Crippen LogP contribution in [0.1, 0.15) is 37.8 Å². The Labute approximate surface area is 120 Å². The van der Waals surface area contributed by atoms with E-state index in [-0.39, 0.29) is 5.60 Å². The van der Waals surface area contributed by atoms with Crippen LogP contribution in [-0.2, 0) is 11.3 Å². The van der Waals surface area contributed by atoms with Crippen LogP contribution in [-0.4, -0.2) is 25.4 Å². The van der Waals surface area contributed by atoms with E-state index >= 15 is 0 Å². The molecule has 1 N–H and O–H groups in total. The molecule has 0 aromatic heterocycles. The third-order valence-corrected chi connectivity index (χ3v) is 3.69. The molecular weight excluding hydrogens is 252 g/mol. The lowest BCUT2D eigenvalue weighted by Gasteiger charge is -2.36. The molecule has 1 aliphatic heterocycles. The zero-order valence-electron chi connectivity index (χ0n) is 12.4. The Morgan fingerprint density at radius 2 is 2.30 bits per heavy atom. The molecular formula is C16H22N2O2. The first kappa shape index (κ1) is 14.8. The van der Waals surface area contributed by atoms with Gasteiger partial charge in [-0.15, -0.1) is 0 Å². The Hall–Kier alpha value is -1.57. The first-order valence-electron chi connectivity index (χ1n) is 6.98. The number of ether oxygens (including phenoxy) is 2. The quantitative estimate of drug-likeness (QED) is 0.917. The minimum atomic E-state index is -0.0610.